The van der Waals surface area contributed by atoms with Gasteiger partial charge in [-0.2, -0.15) is 0 Å². The molecule has 0 saturated carbocycles. The van der Waals surface area contributed by atoms with E-state index in [2.05, 4.69) is 31.3 Å². The molecular weight excluding hydrogens is 448 g/mol. The number of carbonyl (C=O) groups excluding carboxylic acids is 1. The third-order valence-electron chi connectivity index (χ3n) is 4.31. The van der Waals surface area contributed by atoms with E-state index in [9.17, 15) is 4.79 Å². The average molecular weight is 467 g/mol. The highest BCUT2D eigenvalue weighted by molar-refractivity contribution is 9.10. The van der Waals surface area contributed by atoms with Crippen LogP contribution >= 0.6 is 15.9 Å². The highest BCUT2D eigenvalue weighted by Gasteiger charge is 2.14. The number of ether oxygens (including phenoxy) is 1. The molecule has 0 spiro atoms. The van der Waals surface area contributed by atoms with Crippen molar-refractivity contribution >= 4 is 27.8 Å². The quantitative estimate of drug-likeness (QED) is 0.422. The SMILES string of the molecule is Cc1ccc(Cn2cnc(NC(=O)c3ccc(COc4ccc(Br)cc4)o3)n2)cc1. The summed E-state index contributed by atoms with van der Waals surface area (Å²) in [5, 5.41) is 6.93. The molecule has 30 heavy (non-hydrogen) atoms. The van der Waals surface area contributed by atoms with Crippen molar-refractivity contribution in [1.82, 2.24) is 14.8 Å². The summed E-state index contributed by atoms with van der Waals surface area (Å²) >= 11 is 3.38. The zero-order chi connectivity index (χ0) is 20.9. The predicted molar refractivity (Wildman–Crippen MR) is 115 cm³/mol. The number of aromatic nitrogens is 3. The standard InChI is InChI=1S/C22H19BrN4O3/c1-15-2-4-16(5-3-15)12-27-14-24-22(26-27)25-21(28)20-11-10-19(30-20)13-29-18-8-6-17(23)7-9-18/h2-11,14H,12-13H2,1H3,(H,25,26,28). The summed E-state index contributed by atoms with van der Waals surface area (Å²) < 4.78 is 13.9. The number of amides is 1. The lowest BCUT2D eigenvalue weighted by Crippen LogP contribution is -2.12. The summed E-state index contributed by atoms with van der Waals surface area (Å²) in [4.78, 5) is 16.5. The molecule has 0 unspecified atom stereocenters. The molecule has 4 rings (SSSR count). The molecule has 1 amide bonds. The number of halogens is 1. The average Bonchev–Trinajstić information content (AvgIpc) is 3.39. The van der Waals surface area contributed by atoms with E-state index in [0.717, 1.165) is 10.0 Å². The van der Waals surface area contributed by atoms with Crippen LogP contribution in [0.1, 0.15) is 27.4 Å². The number of benzene rings is 2. The zero-order valence-electron chi connectivity index (χ0n) is 16.2. The second-order valence-corrected chi connectivity index (χ2v) is 7.63. The van der Waals surface area contributed by atoms with Gasteiger partial charge in [0.1, 0.15) is 24.4 Å². The second kappa shape index (κ2) is 8.96. The number of hydrogen-bond donors (Lipinski definition) is 1. The molecule has 0 saturated heterocycles. The molecule has 152 valence electrons. The van der Waals surface area contributed by atoms with Gasteiger partial charge >= 0.3 is 0 Å². The van der Waals surface area contributed by atoms with Crippen LogP contribution in [0.4, 0.5) is 5.95 Å². The second-order valence-electron chi connectivity index (χ2n) is 6.71. The van der Waals surface area contributed by atoms with Crippen LogP contribution in [0.5, 0.6) is 5.75 Å². The topological polar surface area (TPSA) is 82.2 Å². The van der Waals surface area contributed by atoms with Gasteiger partial charge in [-0.15, -0.1) is 5.10 Å². The van der Waals surface area contributed by atoms with E-state index >= 15 is 0 Å². The highest BCUT2D eigenvalue weighted by atomic mass is 79.9. The molecule has 0 aliphatic carbocycles. The van der Waals surface area contributed by atoms with Gasteiger partial charge in [-0.25, -0.2) is 9.67 Å². The molecule has 2 heterocycles. The maximum Gasteiger partial charge on any atom is 0.293 e. The molecule has 0 radical (unpaired) electrons. The first-order valence-electron chi connectivity index (χ1n) is 9.28. The summed E-state index contributed by atoms with van der Waals surface area (Å²) in [6.45, 7) is 2.83. The first kappa shape index (κ1) is 19.9. The van der Waals surface area contributed by atoms with Crippen molar-refractivity contribution in [1.29, 1.82) is 0 Å². The Balaban J connectivity index is 1.32. The van der Waals surface area contributed by atoms with Crippen LogP contribution < -0.4 is 10.1 Å². The molecule has 4 aromatic rings. The van der Waals surface area contributed by atoms with E-state index in [1.807, 2.05) is 55.5 Å². The Morgan fingerprint density at radius 2 is 1.87 bits per heavy atom. The van der Waals surface area contributed by atoms with E-state index in [1.54, 1.807) is 23.1 Å². The molecule has 0 fully saturated rings. The van der Waals surface area contributed by atoms with Gasteiger partial charge in [0.05, 0.1) is 6.54 Å². The summed E-state index contributed by atoms with van der Waals surface area (Å²) in [6, 6.07) is 18.9. The van der Waals surface area contributed by atoms with Crippen molar-refractivity contribution in [3.63, 3.8) is 0 Å². The van der Waals surface area contributed by atoms with Crippen molar-refractivity contribution in [2.45, 2.75) is 20.1 Å². The molecule has 0 atom stereocenters. The maximum atomic E-state index is 12.4. The van der Waals surface area contributed by atoms with Crippen LogP contribution in [-0.4, -0.2) is 20.7 Å². The number of anilines is 1. The Kier molecular flexibility index (Phi) is 5.94. The summed E-state index contributed by atoms with van der Waals surface area (Å²) in [6.07, 6.45) is 1.58. The molecule has 7 nitrogen and oxygen atoms in total. The van der Waals surface area contributed by atoms with Crippen LogP contribution in [-0.2, 0) is 13.2 Å². The third-order valence-corrected chi connectivity index (χ3v) is 4.84. The molecule has 0 aliphatic rings. The van der Waals surface area contributed by atoms with Gasteiger partial charge in [0.25, 0.3) is 5.91 Å². The highest BCUT2D eigenvalue weighted by Crippen LogP contribution is 2.18. The monoisotopic (exact) mass is 466 g/mol. The number of nitrogens with zero attached hydrogens (tertiary/aromatic N) is 3. The van der Waals surface area contributed by atoms with Gasteiger partial charge < -0.3 is 9.15 Å². The van der Waals surface area contributed by atoms with Crippen molar-refractivity contribution in [2.75, 3.05) is 5.32 Å². The summed E-state index contributed by atoms with van der Waals surface area (Å²) in [5.41, 5.74) is 2.30. The fourth-order valence-electron chi connectivity index (χ4n) is 2.73. The number of hydrogen-bond acceptors (Lipinski definition) is 5. The minimum absolute atomic E-state index is 0.166. The van der Waals surface area contributed by atoms with Crippen molar-refractivity contribution in [3.8, 4) is 5.75 Å². The van der Waals surface area contributed by atoms with Crippen LogP contribution in [0.25, 0.3) is 0 Å². The third kappa shape index (κ3) is 5.15. The van der Waals surface area contributed by atoms with Gasteiger partial charge in [0.15, 0.2) is 5.76 Å². The maximum absolute atomic E-state index is 12.4. The van der Waals surface area contributed by atoms with E-state index in [1.165, 1.54) is 5.56 Å². The van der Waals surface area contributed by atoms with Crippen LogP contribution in [0.15, 0.2) is 75.9 Å². The normalized spacial score (nSPS) is 10.7. The Labute approximate surface area is 181 Å². The largest absolute Gasteiger partial charge is 0.486 e. The van der Waals surface area contributed by atoms with Gasteiger partial charge in [-0.1, -0.05) is 45.8 Å². The number of nitrogens with one attached hydrogen (secondary N) is 1. The Hall–Kier alpha value is -3.39. The van der Waals surface area contributed by atoms with Gasteiger partial charge in [0, 0.05) is 4.47 Å². The smallest absolute Gasteiger partial charge is 0.293 e. The van der Waals surface area contributed by atoms with E-state index in [-0.39, 0.29) is 18.3 Å². The van der Waals surface area contributed by atoms with Crippen LogP contribution in [0, 0.1) is 6.92 Å². The number of carbonyl (C=O) groups is 1. The predicted octanol–water partition coefficient (Wildman–Crippen LogP) is 4.82. The van der Waals surface area contributed by atoms with E-state index in [0.29, 0.717) is 18.1 Å². The Bertz CT molecular complexity index is 1130. The van der Waals surface area contributed by atoms with Gasteiger partial charge in [-0.3, -0.25) is 10.1 Å². The lowest BCUT2D eigenvalue weighted by molar-refractivity contribution is 0.0991. The molecule has 0 aliphatic heterocycles. The number of furan rings is 1. The molecule has 2 aromatic carbocycles. The molecule has 1 N–H and O–H groups in total. The minimum atomic E-state index is -0.419. The number of aryl methyl sites for hydroxylation is 1. The molecule has 0 bridgehead atoms. The summed E-state index contributed by atoms with van der Waals surface area (Å²) in [7, 11) is 0. The minimum Gasteiger partial charge on any atom is -0.486 e. The van der Waals surface area contributed by atoms with Crippen molar-refractivity contribution < 1.29 is 13.9 Å². The Morgan fingerprint density at radius 3 is 2.63 bits per heavy atom. The van der Waals surface area contributed by atoms with Crippen LogP contribution in [0.2, 0.25) is 0 Å². The van der Waals surface area contributed by atoms with Gasteiger partial charge in [-0.05, 0) is 48.9 Å². The van der Waals surface area contributed by atoms with E-state index in [4.69, 9.17) is 9.15 Å². The van der Waals surface area contributed by atoms with E-state index < -0.39 is 5.91 Å². The first-order valence-corrected chi connectivity index (χ1v) is 10.1. The fraction of sp³-hybridized carbons (Fsp3) is 0.136. The lowest BCUT2D eigenvalue weighted by atomic mass is 10.1. The van der Waals surface area contributed by atoms with Crippen LogP contribution in [0.3, 0.4) is 0 Å². The number of rotatable bonds is 7. The van der Waals surface area contributed by atoms with Crippen molar-refractivity contribution in [3.05, 3.63) is 94.1 Å². The summed E-state index contributed by atoms with van der Waals surface area (Å²) in [5.74, 6) is 1.22. The molecule has 2 aromatic heterocycles. The Morgan fingerprint density at radius 1 is 1.10 bits per heavy atom. The lowest BCUT2D eigenvalue weighted by Gasteiger charge is -2.04. The first-order chi connectivity index (χ1) is 14.5. The molecular formula is C22H19BrN4O3. The molecule has 8 heteroatoms. The zero-order valence-corrected chi connectivity index (χ0v) is 17.8. The van der Waals surface area contributed by atoms with Gasteiger partial charge in [0.2, 0.25) is 5.95 Å². The van der Waals surface area contributed by atoms with Crippen molar-refractivity contribution in [2.24, 2.45) is 0 Å². The fourth-order valence-corrected chi connectivity index (χ4v) is 3.00.